The van der Waals surface area contributed by atoms with Gasteiger partial charge < -0.3 is 19.7 Å². The molecule has 10 aromatic rings. The molecule has 0 saturated carbocycles. The van der Waals surface area contributed by atoms with Gasteiger partial charge in [-0.05, 0) is 131 Å². The number of aliphatic hydroxyl groups is 2. The standard InChI is InChI=1S/C34H22N2O8.C28H18N2O6.C3H3ClO/c1-3-25(37)43-15-13-35-31(39)21-9-5-17-19-7-11-23-30-24(34(42)36(33(23)41)14-16-44-26(38)4-2)12-8-20(28(19)30)18-6-10-22(32(35)40)29(21)27(17)18;31-11-9-29-25(33)17-5-1-13-14-2-6-19-24-20(28(36)30(10-12-32)27(19)35)8-4-16(22(14)24)15-3-7-18(26(29)34)23(17)21(13)15;1-2-3(4)5/h3-12H,1-2,13-16H2;1-8,31-32H,9-12H2;2H,1H2. The third kappa shape index (κ3) is 8.22. The van der Waals surface area contributed by atoms with Crippen LogP contribution in [-0.4, -0.2) is 147 Å². The number of carbonyl (C=O) groups excluding carboxylic acids is 11. The van der Waals surface area contributed by atoms with Gasteiger partial charge in [-0.15, -0.1) is 0 Å². The van der Waals surface area contributed by atoms with E-state index in [1.54, 1.807) is 48.5 Å². The molecule has 0 fully saturated rings. The van der Waals surface area contributed by atoms with Gasteiger partial charge in [0.25, 0.3) is 47.3 Å². The maximum absolute atomic E-state index is 13.5. The summed E-state index contributed by atoms with van der Waals surface area (Å²) in [6.45, 7) is 8.44. The number of amides is 8. The molecular weight excluding hydrogens is 1110 g/mol. The Morgan fingerprint density at radius 1 is 0.341 bits per heavy atom. The summed E-state index contributed by atoms with van der Waals surface area (Å²) in [5.74, 6) is -5.04. The third-order valence-corrected chi connectivity index (χ3v) is 16.0. The first-order valence-corrected chi connectivity index (χ1v) is 26.9. The smallest absolute Gasteiger partial charge is 0.330 e. The van der Waals surface area contributed by atoms with Gasteiger partial charge in [0, 0.05) is 78.2 Å². The predicted octanol–water partition coefficient (Wildman–Crippen LogP) is 8.24. The number of hydrogen-bond acceptors (Lipinski definition) is 15. The summed E-state index contributed by atoms with van der Waals surface area (Å²) in [7, 11) is 0. The number of halogens is 1. The van der Waals surface area contributed by atoms with E-state index in [9.17, 15) is 63.0 Å². The highest BCUT2D eigenvalue weighted by molar-refractivity contribution is 6.66. The molecule has 0 atom stereocenters. The number of allylic oxidation sites excluding steroid dienone is 1. The zero-order valence-electron chi connectivity index (χ0n) is 44.6. The minimum Gasteiger partial charge on any atom is -0.461 e. The number of ether oxygens (including phenoxy) is 2. The molecule has 0 unspecified atom stereocenters. The molecule has 0 saturated heterocycles. The van der Waals surface area contributed by atoms with Crippen molar-refractivity contribution in [2.45, 2.75) is 0 Å². The summed E-state index contributed by atoms with van der Waals surface area (Å²) in [6, 6.07) is 28.1. The van der Waals surface area contributed by atoms with Crippen LogP contribution in [0.15, 0.2) is 135 Å². The van der Waals surface area contributed by atoms with Crippen molar-refractivity contribution >= 4 is 162 Å². The minimum atomic E-state index is -0.648. The Morgan fingerprint density at radius 2 is 0.529 bits per heavy atom. The molecule has 0 aliphatic carbocycles. The van der Waals surface area contributed by atoms with Gasteiger partial charge in [0.1, 0.15) is 13.2 Å². The molecule has 0 spiro atoms. The summed E-state index contributed by atoms with van der Waals surface area (Å²) >= 11 is 4.71. The number of nitrogens with zero attached hydrogens (tertiary/aromatic N) is 4. The lowest BCUT2D eigenvalue weighted by Gasteiger charge is -2.30. The molecule has 420 valence electrons. The Bertz CT molecular complexity index is 4280. The average molecular weight is 1160 g/mol. The second kappa shape index (κ2) is 21.0. The fourth-order valence-electron chi connectivity index (χ4n) is 12.3. The predicted molar refractivity (Wildman–Crippen MR) is 314 cm³/mol. The van der Waals surface area contributed by atoms with Gasteiger partial charge in [0.15, 0.2) is 0 Å². The molecule has 4 aliphatic rings. The van der Waals surface area contributed by atoms with E-state index in [0.29, 0.717) is 66.1 Å². The van der Waals surface area contributed by atoms with Crippen molar-refractivity contribution in [3.8, 4) is 0 Å². The first-order chi connectivity index (χ1) is 41.0. The van der Waals surface area contributed by atoms with Crippen LogP contribution in [0.25, 0.3) is 86.2 Å². The fraction of sp³-hybridized carbons (Fsp3) is 0.123. The van der Waals surface area contributed by atoms with Crippen molar-refractivity contribution in [1.82, 2.24) is 19.6 Å². The lowest BCUT2D eigenvalue weighted by Crippen LogP contribution is -2.42. The lowest BCUT2D eigenvalue weighted by molar-refractivity contribution is -0.138. The highest BCUT2D eigenvalue weighted by Gasteiger charge is 2.39. The number of carbonyl (C=O) groups is 11. The number of esters is 2. The maximum atomic E-state index is 13.5. The molecule has 14 rings (SSSR count). The van der Waals surface area contributed by atoms with Crippen LogP contribution in [0.4, 0.5) is 0 Å². The number of rotatable bonds is 13. The summed E-state index contributed by atoms with van der Waals surface area (Å²) in [5, 5.41) is 29.8. The number of fused-ring (bicyclic) bond motifs is 4. The van der Waals surface area contributed by atoms with E-state index in [4.69, 9.17) is 21.1 Å². The monoisotopic (exact) mass is 1150 g/mol. The largest absolute Gasteiger partial charge is 0.461 e. The van der Waals surface area contributed by atoms with E-state index in [2.05, 4.69) is 19.7 Å². The second-order valence-corrected chi connectivity index (χ2v) is 20.4. The van der Waals surface area contributed by atoms with Crippen LogP contribution in [0.2, 0.25) is 0 Å². The zero-order chi connectivity index (χ0) is 60.0. The molecule has 10 aromatic carbocycles. The van der Waals surface area contributed by atoms with Crippen LogP contribution in [0.1, 0.15) is 82.9 Å². The Morgan fingerprint density at radius 3 is 0.694 bits per heavy atom. The van der Waals surface area contributed by atoms with Crippen molar-refractivity contribution in [2.75, 3.05) is 52.6 Å². The van der Waals surface area contributed by atoms with Crippen LogP contribution < -0.4 is 0 Å². The van der Waals surface area contributed by atoms with Crippen molar-refractivity contribution in [2.24, 2.45) is 0 Å². The number of benzene rings is 10. The summed E-state index contributed by atoms with van der Waals surface area (Å²) in [4.78, 5) is 143. The molecule has 19 nitrogen and oxygen atoms in total. The number of aliphatic hydroxyl groups excluding tert-OH is 2. The van der Waals surface area contributed by atoms with Crippen LogP contribution in [0.5, 0.6) is 0 Å². The maximum Gasteiger partial charge on any atom is 0.330 e. The quantitative estimate of drug-likeness (QED) is 0.0275. The Kier molecular flexibility index (Phi) is 13.6. The highest BCUT2D eigenvalue weighted by atomic mass is 35.5. The van der Waals surface area contributed by atoms with Crippen molar-refractivity contribution in [3.05, 3.63) is 180 Å². The molecule has 2 N–H and O–H groups in total. The number of imide groups is 4. The Balaban J connectivity index is 0.000000157. The zero-order valence-corrected chi connectivity index (χ0v) is 45.4. The van der Waals surface area contributed by atoms with Crippen molar-refractivity contribution in [1.29, 1.82) is 0 Å². The average Bonchev–Trinajstić information content (AvgIpc) is 1.04. The van der Waals surface area contributed by atoms with Gasteiger partial charge in [-0.1, -0.05) is 68.3 Å². The minimum absolute atomic E-state index is 0.0782. The molecule has 0 bridgehead atoms. The molecular formula is C65H43ClN4O15. The summed E-state index contributed by atoms with van der Waals surface area (Å²) in [5.41, 5.74) is 3.00. The van der Waals surface area contributed by atoms with E-state index < -0.39 is 64.4 Å². The summed E-state index contributed by atoms with van der Waals surface area (Å²) < 4.78 is 10.00. The SMILES string of the molecule is C=CC(=O)Cl.C=CC(=O)OCCN1C(=O)c2ccc3c4ccc5c6c(ccc(c7ccc(c2c37)C1=O)c64)C(=O)N(CCOC(=O)C=C)C5=O.O=C1c2ccc3c4ccc5c6c(ccc(c7ccc(c2c37)C(=O)N1CCO)c64)C(=O)N(CCO)C5=O. The van der Waals surface area contributed by atoms with Crippen molar-refractivity contribution < 1.29 is 72.4 Å². The van der Waals surface area contributed by atoms with E-state index in [-0.39, 0.29) is 52.6 Å². The topological polar surface area (TPSA) is 260 Å². The first kappa shape index (κ1) is 55.0. The molecule has 4 aliphatic heterocycles. The van der Waals surface area contributed by atoms with Crippen LogP contribution in [0.3, 0.4) is 0 Å². The van der Waals surface area contributed by atoms with E-state index >= 15 is 0 Å². The third-order valence-electron chi connectivity index (χ3n) is 15.9. The van der Waals surface area contributed by atoms with E-state index in [1.807, 2.05) is 48.5 Å². The summed E-state index contributed by atoms with van der Waals surface area (Å²) in [6.07, 6.45) is 3.06. The van der Waals surface area contributed by atoms with Crippen molar-refractivity contribution in [3.63, 3.8) is 0 Å². The second-order valence-electron chi connectivity index (χ2n) is 20.0. The molecule has 4 heterocycles. The van der Waals surface area contributed by atoms with Gasteiger partial charge in [0.2, 0.25) is 5.24 Å². The van der Waals surface area contributed by atoms with Gasteiger partial charge in [-0.25, -0.2) is 9.59 Å². The van der Waals surface area contributed by atoms with Crippen LogP contribution in [-0.2, 0) is 23.9 Å². The van der Waals surface area contributed by atoms with Crippen LogP contribution >= 0.6 is 11.6 Å². The molecule has 85 heavy (non-hydrogen) atoms. The highest BCUT2D eigenvalue weighted by Crippen LogP contribution is 2.48. The fourth-order valence-corrected chi connectivity index (χ4v) is 12.3. The molecule has 20 heteroatoms. The Hall–Kier alpha value is -10.6. The Labute approximate surface area is 484 Å². The molecule has 0 aromatic heterocycles. The van der Waals surface area contributed by atoms with Gasteiger partial charge in [-0.2, -0.15) is 0 Å². The normalized spacial score (nSPS) is 14.3. The van der Waals surface area contributed by atoms with Gasteiger partial charge in [-0.3, -0.25) is 62.8 Å². The molecule has 8 amide bonds. The van der Waals surface area contributed by atoms with E-state index in [0.717, 1.165) is 102 Å². The van der Waals surface area contributed by atoms with Gasteiger partial charge >= 0.3 is 11.9 Å². The van der Waals surface area contributed by atoms with E-state index in [1.165, 1.54) is 0 Å². The van der Waals surface area contributed by atoms with Crippen LogP contribution in [0, 0.1) is 0 Å². The lowest BCUT2D eigenvalue weighted by atomic mass is 9.82. The van der Waals surface area contributed by atoms with Gasteiger partial charge in [0.05, 0.1) is 39.4 Å². The molecule has 0 radical (unpaired) electrons. The first-order valence-electron chi connectivity index (χ1n) is 26.5. The number of β-amino-alcohol motifs (C(OH)–C–C–N with tert-alkyl or cyclic N) is 2. The number of hydrogen-bond donors (Lipinski definition) is 2.